The van der Waals surface area contributed by atoms with Crippen molar-refractivity contribution in [2.75, 3.05) is 0 Å². The average Bonchev–Trinajstić information content (AvgIpc) is 2.88. The van der Waals surface area contributed by atoms with Crippen LogP contribution < -0.4 is 4.74 Å². The molecule has 4 nitrogen and oxygen atoms in total. The largest absolute Gasteiger partial charge is 0.484 e. The van der Waals surface area contributed by atoms with E-state index in [2.05, 4.69) is 4.98 Å². The number of aromatic nitrogens is 1. The van der Waals surface area contributed by atoms with Crippen LogP contribution in [0.1, 0.15) is 10.4 Å². The van der Waals surface area contributed by atoms with Crippen molar-refractivity contribution >= 4 is 23.4 Å². The van der Waals surface area contributed by atoms with Crippen LogP contribution >= 0.6 is 11.3 Å². The van der Waals surface area contributed by atoms with E-state index in [0.29, 0.717) is 5.56 Å². The fraction of sp³-hybridized carbons (Fsp3) is 0.0769. The molecule has 0 aliphatic rings. The van der Waals surface area contributed by atoms with E-state index in [4.69, 9.17) is 9.84 Å². The van der Waals surface area contributed by atoms with E-state index in [-0.39, 0.29) is 12.4 Å². The van der Waals surface area contributed by atoms with Crippen molar-refractivity contribution in [3.63, 3.8) is 0 Å². The molecule has 1 heterocycles. The van der Waals surface area contributed by atoms with Crippen molar-refractivity contribution in [3.05, 3.63) is 52.2 Å². The van der Waals surface area contributed by atoms with Gasteiger partial charge in [-0.1, -0.05) is 12.1 Å². The number of ether oxygens (including phenoxy) is 1. The van der Waals surface area contributed by atoms with Crippen LogP contribution in [-0.2, 0) is 11.4 Å². The zero-order chi connectivity index (χ0) is 13.7. The Hall–Kier alpha value is -2.21. The molecule has 0 spiro atoms. The summed E-state index contributed by atoms with van der Waals surface area (Å²) in [5.74, 6) is -1.59. The van der Waals surface area contributed by atoms with E-state index in [9.17, 15) is 9.18 Å². The molecule has 2 aromatic rings. The maximum atomic E-state index is 13.7. The van der Waals surface area contributed by atoms with Gasteiger partial charge in [-0.3, -0.25) is 4.98 Å². The predicted octanol–water partition coefficient (Wildman–Crippen LogP) is 2.96. The van der Waals surface area contributed by atoms with Gasteiger partial charge < -0.3 is 9.84 Å². The van der Waals surface area contributed by atoms with E-state index in [0.717, 1.165) is 11.0 Å². The molecule has 0 atom stereocenters. The number of aliphatic carboxylic acids is 1. The molecule has 0 bridgehead atoms. The summed E-state index contributed by atoms with van der Waals surface area (Å²) < 4.78 is 19.1. The van der Waals surface area contributed by atoms with Gasteiger partial charge in [0.1, 0.15) is 6.61 Å². The van der Waals surface area contributed by atoms with Gasteiger partial charge in [0.2, 0.25) is 0 Å². The second kappa shape index (κ2) is 6.10. The Labute approximate surface area is 112 Å². The molecule has 0 radical (unpaired) electrons. The number of benzene rings is 1. The molecule has 19 heavy (non-hydrogen) atoms. The van der Waals surface area contributed by atoms with Gasteiger partial charge in [0.15, 0.2) is 11.6 Å². The fourth-order valence-electron chi connectivity index (χ4n) is 1.43. The average molecular weight is 279 g/mol. The number of thiazole rings is 1. The van der Waals surface area contributed by atoms with E-state index < -0.39 is 11.8 Å². The van der Waals surface area contributed by atoms with Gasteiger partial charge in [-0.15, -0.1) is 11.3 Å². The van der Waals surface area contributed by atoms with E-state index >= 15 is 0 Å². The van der Waals surface area contributed by atoms with Crippen molar-refractivity contribution < 1.29 is 19.0 Å². The molecule has 1 aromatic carbocycles. The van der Waals surface area contributed by atoms with Crippen molar-refractivity contribution in [2.24, 2.45) is 0 Å². The maximum Gasteiger partial charge on any atom is 0.328 e. The van der Waals surface area contributed by atoms with Crippen molar-refractivity contribution in [2.45, 2.75) is 6.61 Å². The lowest BCUT2D eigenvalue weighted by Crippen LogP contribution is -1.98. The normalized spacial score (nSPS) is 10.8. The van der Waals surface area contributed by atoms with Crippen LogP contribution in [0, 0.1) is 5.82 Å². The van der Waals surface area contributed by atoms with Crippen LogP contribution in [0.4, 0.5) is 4.39 Å². The van der Waals surface area contributed by atoms with Crippen LogP contribution in [-0.4, -0.2) is 16.1 Å². The number of para-hydroxylation sites is 1. The van der Waals surface area contributed by atoms with Gasteiger partial charge in [-0.25, -0.2) is 9.18 Å². The standard InChI is InChI=1S/C13H10FNO3S/c14-11-3-1-2-9(4-5-12(16)17)13(11)18-7-10-6-15-8-19-10/h1-6,8H,7H2,(H,16,17)/b5-4+. The first-order valence-electron chi connectivity index (χ1n) is 5.36. The lowest BCUT2D eigenvalue weighted by atomic mass is 10.2. The quantitative estimate of drug-likeness (QED) is 0.855. The Bertz CT molecular complexity index is 596. The van der Waals surface area contributed by atoms with Gasteiger partial charge in [0.05, 0.1) is 10.4 Å². The third-order valence-corrected chi connectivity index (χ3v) is 3.00. The molecule has 98 valence electrons. The fourth-order valence-corrected chi connectivity index (χ4v) is 1.93. The summed E-state index contributed by atoms with van der Waals surface area (Å²) in [6, 6.07) is 4.35. The topological polar surface area (TPSA) is 59.4 Å². The molecule has 1 N–H and O–H groups in total. The SMILES string of the molecule is O=C(O)/C=C/c1cccc(F)c1OCc1cncs1. The predicted molar refractivity (Wildman–Crippen MR) is 69.5 cm³/mol. The maximum absolute atomic E-state index is 13.7. The molecule has 2 rings (SSSR count). The number of rotatable bonds is 5. The van der Waals surface area contributed by atoms with Crippen molar-refractivity contribution in [1.29, 1.82) is 0 Å². The third kappa shape index (κ3) is 3.62. The zero-order valence-electron chi connectivity index (χ0n) is 9.75. The summed E-state index contributed by atoms with van der Waals surface area (Å²) in [7, 11) is 0. The van der Waals surface area contributed by atoms with Crippen LogP contribution in [0.5, 0.6) is 5.75 Å². The highest BCUT2D eigenvalue weighted by Crippen LogP contribution is 2.25. The number of nitrogens with zero attached hydrogens (tertiary/aromatic N) is 1. The second-order valence-electron chi connectivity index (χ2n) is 3.59. The number of carboxylic acids is 1. The van der Waals surface area contributed by atoms with E-state index in [1.165, 1.54) is 29.5 Å². The minimum atomic E-state index is -1.10. The highest BCUT2D eigenvalue weighted by atomic mass is 32.1. The Kier molecular flexibility index (Phi) is 4.25. The van der Waals surface area contributed by atoms with Gasteiger partial charge in [0, 0.05) is 17.8 Å². The summed E-state index contributed by atoms with van der Waals surface area (Å²) in [4.78, 5) is 15.2. The zero-order valence-corrected chi connectivity index (χ0v) is 10.6. The number of hydrogen-bond donors (Lipinski definition) is 1. The molecule has 0 fully saturated rings. The van der Waals surface area contributed by atoms with Crippen molar-refractivity contribution in [1.82, 2.24) is 4.98 Å². The van der Waals surface area contributed by atoms with Crippen LogP contribution in [0.2, 0.25) is 0 Å². The van der Waals surface area contributed by atoms with Crippen LogP contribution in [0.25, 0.3) is 6.08 Å². The van der Waals surface area contributed by atoms with Gasteiger partial charge >= 0.3 is 5.97 Å². The highest BCUT2D eigenvalue weighted by Gasteiger charge is 2.09. The number of hydrogen-bond acceptors (Lipinski definition) is 4. The first-order valence-corrected chi connectivity index (χ1v) is 6.24. The Morgan fingerprint density at radius 3 is 3.05 bits per heavy atom. The third-order valence-electron chi connectivity index (χ3n) is 2.25. The smallest absolute Gasteiger partial charge is 0.328 e. The molecule has 6 heteroatoms. The number of carbonyl (C=O) groups is 1. The van der Waals surface area contributed by atoms with Gasteiger partial charge in [-0.05, 0) is 12.1 Å². The molecular weight excluding hydrogens is 269 g/mol. The summed E-state index contributed by atoms with van der Waals surface area (Å²) in [6.07, 6.45) is 3.88. The summed E-state index contributed by atoms with van der Waals surface area (Å²) in [5, 5.41) is 8.59. The molecule has 0 aliphatic carbocycles. The molecule has 0 saturated heterocycles. The second-order valence-corrected chi connectivity index (χ2v) is 4.56. The minimum Gasteiger partial charge on any atom is -0.484 e. The molecule has 0 unspecified atom stereocenters. The van der Waals surface area contributed by atoms with E-state index in [1.807, 2.05) is 0 Å². The van der Waals surface area contributed by atoms with Crippen LogP contribution in [0.15, 0.2) is 36.0 Å². The lowest BCUT2D eigenvalue weighted by molar-refractivity contribution is -0.131. The Morgan fingerprint density at radius 2 is 2.37 bits per heavy atom. The molecule has 0 aliphatic heterocycles. The first-order chi connectivity index (χ1) is 9.16. The van der Waals surface area contributed by atoms with Crippen LogP contribution in [0.3, 0.4) is 0 Å². The minimum absolute atomic E-state index is 0.0356. The molecule has 1 aromatic heterocycles. The number of halogens is 1. The van der Waals surface area contributed by atoms with Gasteiger partial charge in [-0.2, -0.15) is 0 Å². The van der Waals surface area contributed by atoms with Gasteiger partial charge in [0.25, 0.3) is 0 Å². The first kappa shape index (κ1) is 13.2. The lowest BCUT2D eigenvalue weighted by Gasteiger charge is -2.08. The summed E-state index contributed by atoms with van der Waals surface area (Å²) in [5.41, 5.74) is 2.04. The van der Waals surface area contributed by atoms with Crippen molar-refractivity contribution in [3.8, 4) is 5.75 Å². The Morgan fingerprint density at radius 1 is 1.53 bits per heavy atom. The number of carboxylic acid groups (broad SMARTS) is 1. The summed E-state index contributed by atoms with van der Waals surface area (Å²) in [6.45, 7) is 0.194. The van der Waals surface area contributed by atoms with E-state index in [1.54, 1.807) is 17.8 Å². The highest BCUT2D eigenvalue weighted by molar-refractivity contribution is 7.09. The summed E-state index contributed by atoms with van der Waals surface area (Å²) >= 11 is 1.40. The monoisotopic (exact) mass is 279 g/mol. The Balaban J connectivity index is 2.20. The molecule has 0 amide bonds. The molecule has 0 saturated carbocycles. The molecular formula is C13H10FNO3S.